The van der Waals surface area contributed by atoms with Crippen LogP contribution in [0.3, 0.4) is 0 Å². The number of halogens is 2. The number of hydrogen-bond acceptors (Lipinski definition) is 7. The maximum absolute atomic E-state index is 13.3. The second kappa shape index (κ2) is 9.61. The number of aromatic nitrogens is 4. The Morgan fingerprint density at radius 3 is 2.58 bits per heavy atom. The van der Waals surface area contributed by atoms with Gasteiger partial charge in [0.2, 0.25) is 0 Å². The lowest BCUT2D eigenvalue weighted by Crippen LogP contribution is -2.24. The van der Waals surface area contributed by atoms with E-state index in [0.29, 0.717) is 34.5 Å². The lowest BCUT2D eigenvalue weighted by atomic mass is 10.1. The van der Waals surface area contributed by atoms with E-state index in [1.807, 2.05) is 0 Å². The minimum absolute atomic E-state index is 0.0182. The van der Waals surface area contributed by atoms with E-state index >= 15 is 0 Å². The number of fused-ring (bicyclic) bond motifs is 1. The number of esters is 1. The highest BCUT2D eigenvalue weighted by molar-refractivity contribution is 6.30. The molecule has 0 aliphatic carbocycles. The molecule has 0 bridgehead atoms. The number of nitrogens with one attached hydrogen (secondary N) is 3. The van der Waals surface area contributed by atoms with Crippen LogP contribution in [0.4, 0.5) is 10.2 Å². The Hall–Kier alpha value is -4.05. The van der Waals surface area contributed by atoms with Crippen molar-refractivity contribution in [3.63, 3.8) is 0 Å². The van der Waals surface area contributed by atoms with E-state index in [1.54, 1.807) is 24.3 Å². The number of carbonyl (C=O) groups is 2. The van der Waals surface area contributed by atoms with E-state index in [1.165, 1.54) is 31.6 Å². The number of benzene rings is 2. The predicted octanol–water partition coefficient (Wildman–Crippen LogP) is 3.47. The Kier molecular flexibility index (Phi) is 6.45. The third-order valence-corrected chi connectivity index (χ3v) is 5.13. The number of amides is 1. The Bertz CT molecular complexity index is 1330. The lowest BCUT2D eigenvalue weighted by molar-refractivity contribution is 0.0600. The van der Waals surface area contributed by atoms with E-state index in [0.717, 1.165) is 5.56 Å². The van der Waals surface area contributed by atoms with Crippen LogP contribution in [0.1, 0.15) is 32.0 Å². The number of methoxy groups -OCH3 is 1. The van der Waals surface area contributed by atoms with Crippen LogP contribution in [0.25, 0.3) is 11.0 Å². The molecule has 4 aromatic rings. The van der Waals surface area contributed by atoms with Crippen LogP contribution in [-0.4, -0.2) is 39.2 Å². The molecule has 0 radical (unpaired) electrons. The molecule has 1 amide bonds. The molecule has 0 aliphatic rings. The molecule has 4 rings (SSSR count). The number of H-pyrrole nitrogens is 1. The largest absolute Gasteiger partial charge is 0.465 e. The van der Waals surface area contributed by atoms with E-state index in [-0.39, 0.29) is 17.3 Å². The summed E-state index contributed by atoms with van der Waals surface area (Å²) in [5.74, 6) is -0.931. The van der Waals surface area contributed by atoms with Crippen LogP contribution in [-0.2, 0) is 17.8 Å². The summed E-state index contributed by atoms with van der Waals surface area (Å²) < 4.78 is 18.0. The highest BCUT2D eigenvalue weighted by Gasteiger charge is 2.17. The normalized spacial score (nSPS) is 10.8. The van der Waals surface area contributed by atoms with Gasteiger partial charge in [-0.1, -0.05) is 29.8 Å². The Morgan fingerprint density at radius 1 is 1.09 bits per heavy atom. The van der Waals surface area contributed by atoms with Crippen molar-refractivity contribution in [3.05, 3.63) is 82.0 Å². The number of ether oxygens (including phenoxy) is 1. The highest BCUT2D eigenvalue weighted by atomic mass is 35.5. The molecule has 33 heavy (non-hydrogen) atoms. The lowest BCUT2D eigenvalue weighted by Gasteiger charge is -2.07. The van der Waals surface area contributed by atoms with Crippen molar-refractivity contribution in [2.45, 2.75) is 13.1 Å². The van der Waals surface area contributed by atoms with E-state index in [9.17, 15) is 14.0 Å². The zero-order valence-electron chi connectivity index (χ0n) is 17.4. The first-order chi connectivity index (χ1) is 16.0. The van der Waals surface area contributed by atoms with Crippen LogP contribution >= 0.6 is 11.6 Å². The van der Waals surface area contributed by atoms with E-state index in [4.69, 9.17) is 11.6 Å². The standard InChI is InChI=1S/C22H18ClFN6O3/c1-33-22(32)14-5-2-12(3-6-14)9-25-20-18-17(29-30-20)19(28-11-27-18)21(31)26-10-13-4-7-16(24)15(23)8-13/h2-8,11H,9-10H2,1H3,(H,26,31)(H2,25,29,30). The number of aromatic amines is 1. The average molecular weight is 469 g/mol. The second-order valence-corrected chi connectivity index (χ2v) is 7.40. The van der Waals surface area contributed by atoms with Crippen molar-refractivity contribution < 1.29 is 18.7 Å². The van der Waals surface area contributed by atoms with Crippen LogP contribution in [0.15, 0.2) is 48.8 Å². The van der Waals surface area contributed by atoms with Gasteiger partial charge in [0.05, 0.1) is 17.7 Å². The van der Waals surface area contributed by atoms with Gasteiger partial charge in [0.1, 0.15) is 23.2 Å². The van der Waals surface area contributed by atoms with Gasteiger partial charge >= 0.3 is 5.97 Å². The molecule has 0 atom stereocenters. The van der Waals surface area contributed by atoms with Gasteiger partial charge in [-0.2, -0.15) is 5.10 Å². The first-order valence-electron chi connectivity index (χ1n) is 9.78. The number of anilines is 1. The van der Waals surface area contributed by atoms with Crippen LogP contribution in [0.5, 0.6) is 0 Å². The molecular formula is C22H18ClFN6O3. The minimum Gasteiger partial charge on any atom is -0.465 e. The molecule has 0 spiro atoms. The van der Waals surface area contributed by atoms with Crippen molar-refractivity contribution in [1.29, 1.82) is 0 Å². The molecule has 2 aromatic heterocycles. The SMILES string of the molecule is COC(=O)c1ccc(CNc2n[nH]c3c(C(=O)NCc4ccc(F)c(Cl)c4)ncnc23)cc1. The Balaban J connectivity index is 1.45. The molecule has 0 unspecified atom stereocenters. The Labute approximate surface area is 192 Å². The molecule has 0 aliphatic heterocycles. The zero-order chi connectivity index (χ0) is 23.4. The third-order valence-electron chi connectivity index (χ3n) is 4.84. The highest BCUT2D eigenvalue weighted by Crippen LogP contribution is 2.21. The van der Waals surface area contributed by atoms with Gasteiger partial charge in [-0.3, -0.25) is 9.89 Å². The summed E-state index contributed by atoms with van der Waals surface area (Å²) in [5, 5.41) is 12.8. The van der Waals surface area contributed by atoms with Gasteiger partial charge in [0.15, 0.2) is 11.5 Å². The van der Waals surface area contributed by atoms with Crippen molar-refractivity contribution in [1.82, 2.24) is 25.5 Å². The monoisotopic (exact) mass is 468 g/mol. The zero-order valence-corrected chi connectivity index (χ0v) is 18.1. The van der Waals surface area contributed by atoms with Crippen LogP contribution in [0, 0.1) is 5.82 Å². The molecule has 0 saturated heterocycles. The van der Waals surface area contributed by atoms with Gasteiger partial charge in [-0.15, -0.1) is 0 Å². The second-order valence-electron chi connectivity index (χ2n) is 6.99. The minimum atomic E-state index is -0.527. The van der Waals surface area contributed by atoms with Crippen molar-refractivity contribution in [2.75, 3.05) is 12.4 Å². The van der Waals surface area contributed by atoms with Gasteiger partial charge in [-0.05, 0) is 35.4 Å². The average Bonchev–Trinajstić information content (AvgIpc) is 3.26. The molecule has 11 heteroatoms. The smallest absolute Gasteiger partial charge is 0.337 e. The van der Waals surface area contributed by atoms with Crippen molar-refractivity contribution >= 4 is 40.3 Å². The maximum Gasteiger partial charge on any atom is 0.337 e. The summed E-state index contributed by atoms with van der Waals surface area (Å²) in [7, 11) is 1.33. The van der Waals surface area contributed by atoms with Crippen LogP contribution < -0.4 is 10.6 Å². The van der Waals surface area contributed by atoms with Gasteiger partial charge < -0.3 is 15.4 Å². The summed E-state index contributed by atoms with van der Waals surface area (Å²) in [5.41, 5.74) is 2.95. The molecule has 9 nitrogen and oxygen atoms in total. The third kappa shape index (κ3) is 4.90. The van der Waals surface area contributed by atoms with Gasteiger partial charge in [-0.25, -0.2) is 19.2 Å². The Morgan fingerprint density at radius 2 is 1.85 bits per heavy atom. The van der Waals surface area contributed by atoms with Gasteiger partial charge in [0, 0.05) is 13.1 Å². The fourth-order valence-electron chi connectivity index (χ4n) is 3.11. The van der Waals surface area contributed by atoms with Crippen molar-refractivity contribution in [3.8, 4) is 0 Å². The van der Waals surface area contributed by atoms with E-state index in [2.05, 4.69) is 35.5 Å². The number of carbonyl (C=O) groups excluding carboxylic acids is 2. The van der Waals surface area contributed by atoms with Crippen molar-refractivity contribution in [2.24, 2.45) is 0 Å². The fourth-order valence-corrected chi connectivity index (χ4v) is 3.31. The molecule has 168 valence electrons. The predicted molar refractivity (Wildman–Crippen MR) is 119 cm³/mol. The summed E-state index contributed by atoms with van der Waals surface area (Å²) in [4.78, 5) is 32.5. The summed E-state index contributed by atoms with van der Waals surface area (Å²) in [6.45, 7) is 0.559. The number of nitrogens with zero attached hydrogens (tertiary/aromatic N) is 3. The molecule has 2 aromatic carbocycles. The topological polar surface area (TPSA) is 122 Å². The first-order valence-corrected chi connectivity index (χ1v) is 10.2. The fraction of sp³-hybridized carbons (Fsp3) is 0.136. The molecule has 0 fully saturated rings. The van der Waals surface area contributed by atoms with E-state index < -0.39 is 17.7 Å². The van der Waals surface area contributed by atoms with Crippen LogP contribution in [0.2, 0.25) is 5.02 Å². The summed E-state index contributed by atoms with van der Waals surface area (Å²) in [6, 6.07) is 11.2. The molecule has 0 saturated carbocycles. The van der Waals surface area contributed by atoms with Gasteiger partial charge in [0.25, 0.3) is 5.91 Å². The maximum atomic E-state index is 13.3. The summed E-state index contributed by atoms with van der Waals surface area (Å²) in [6.07, 6.45) is 1.28. The first kappa shape index (κ1) is 22.2. The molecule has 3 N–H and O–H groups in total. The molecule has 2 heterocycles. The number of hydrogen-bond donors (Lipinski definition) is 3. The quantitative estimate of drug-likeness (QED) is 0.355. The number of rotatable bonds is 7. The molecular weight excluding hydrogens is 451 g/mol. The summed E-state index contributed by atoms with van der Waals surface area (Å²) >= 11 is 5.78.